The molecule has 1 aromatic heterocycles. The fourth-order valence-corrected chi connectivity index (χ4v) is 2.64. The molecular weight excluding hydrogens is 238 g/mol. The van der Waals surface area contributed by atoms with E-state index in [9.17, 15) is 4.79 Å². The lowest BCUT2D eigenvalue weighted by molar-refractivity contribution is -0.132. The lowest BCUT2D eigenvalue weighted by atomic mass is 9.93. The first-order valence-corrected chi connectivity index (χ1v) is 7.11. The minimum absolute atomic E-state index is 0.273. The summed E-state index contributed by atoms with van der Waals surface area (Å²) < 4.78 is 0. The predicted octanol–water partition coefficient (Wildman–Crippen LogP) is 1.82. The molecule has 4 nitrogen and oxygen atoms in total. The Morgan fingerprint density at radius 2 is 2.37 bits per heavy atom. The standard InChI is InChI=1S/C15H23N3O/c1-3-15(19)18-9-7-14(12(2)11-18)17-10-13-6-4-5-8-16-13/h4-6,8,12,14,17H,3,7,9-11H2,1-2H3/t12-,14-/m0/s1. The summed E-state index contributed by atoms with van der Waals surface area (Å²) >= 11 is 0. The molecule has 0 radical (unpaired) electrons. The van der Waals surface area contributed by atoms with Crippen LogP contribution in [0.25, 0.3) is 0 Å². The molecule has 2 heterocycles. The van der Waals surface area contributed by atoms with Gasteiger partial charge in [-0.25, -0.2) is 0 Å². The zero-order chi connectivity index (χ0) is 13.7. The van der Waals surface area contributed by atoms with Crippen LogP contribution in [-0.4, -0.2) is 34.9 Å². The van der Waals surface area contributed by atoms with Gasteiger partial charge in [0.25, 0.3) is 0 Å². The van der Waals surface area contributed by atoms with Crippen LogP contribution in [0.15, 0.2) is 24.4 Å². The van der Waals surface area contributed by atoms with Gasteiger partial charge in [-0.1, -0.05) is 19.9 Å². The van der Waals surface area contributed by atoms with E-state index >= 15 is 0 Å². The van der Waals surface area contributed by atoms with E-state index in [1.165, 1.54) is 0 Å². The van der Waals surface area contributed by atoms with Gasteiger partial charge in [-0.3, -0.25) is 9.78 Å². The maximum atomic E-state index is 11.7. The first kappa shape index (κ1) is 14.0. The van der Waals surface area contributed by atoms with Crippen molar-refractivity contribution in [3.05, 3.63) is 30.1 Å². The van der Waals surface area contributed by atoms with Gasteiger partial charge < -0.3 is 10.2 Å². The van der Waals surface area contributed by atoms with E-state index in [-0.39, 0.29) is 5.91 Å². The number of nitrogens with one attached hydrogen (secondary N) is 1. The second-order valence-corrected chi connectivity index (χ2v) is 5.27. The Kier molecular flexibility index (Phi) is 4.91. The molecule has 1 fully saturated rings. The zero-order valence-electron chi connectivity index (χ0n) is 11.8. The van der Waals surface area contributed by atoms with Crippen molar-refractivity contribution in [2.45, 2.75) is 39.3 Å². The average Bonchev–Trinajstić information content (AvgIpc) is 2.46. The summed E-state index contributed by atoms with van der Waals surface area (Å²) in [5.74, 6) is 0.767. The first-order chi connectivity index (χ1) is 9.20. The Morgan fingerprint density at radius 1 is 1.53 bits per heavy atom. The Labute approximate surface area is 115 Å². The number of amides is 1. The third-order valence-electron chi connectivity index (χ3n) is 3.83. The van der Waals surface area contributed by atoms with E-state index < -0.39 is 0 Å². The molecule has 0 unspecified atom stereocenters. The molecule has 0 saturated carbocycles. The molecule has 2 atom stereocenters. The molecule has 1 saturated heterocycles. The van der Waals surface area contributed by atoms with Crippen LogP contribution in [-0.2, 0) is 11.3 Å². The maximum absolute atomic E-state index is 11.7. The molecular formula is C15H23N3O. The predicted molar refractivity (Wildman–Crippen MR) is 75.5 cm³/mol. The van der Waals surface area contributed by atoms with Gasteiger partial charge in [0.1, 0.15) is 0 Å². The monoisotopic (exact) mass is 261 g/mol. The first-order valence-electron chi connectivity index (χ1n) is 7.11. The fraction of sp³-hybridized carbons (Fsp3) is 0.600. The summed E-state index contributed by atoms with van der Waals surface area (Å²) in [7, 11) is 0. The lowest BCUT2D eigenvalue weighted by Gasteiger charge is -2.37. The van der Waals surface area contributed by atoms with E-state index in [2.05, 4.69) is 17.2 Å². The molecule has 0 bridgehead atoms. The summed E-state index contributed by atoms with van der Waals surface area (Å²) in [6.45, 7) is 6.69. The summed E-state index contributed by atoms with van der Waals surface area (Å²) in [6, 6.07) is 6.45. The van der Waals surface area contributed by atoms with Gasteiger partial charge in [-0.15, -0.1) is 0 Å². The van der Waals surface area contributed by atoms with Gasteiger partial charge in [0, 0.05) is 38.3 Å². The van der Waals surface area contributed by atoms with Gasteiger partial charge in [0.05, 0.1) is 5.69 Å². The van der Waals surface area contributed by atoms with E-state index in [0.29, 0.717) is 18.4 Å². The van der Waals surface area contributed by atoms with E-state index in [1.54, 1.807) is 0 Å². The van der Waals surface area contributed by atoms with Crippen molar-refractivity contribution >= 4 is 5.91 Å². The summed E-state index contributed by atoms with van der Waals surface area (Å²) in [5.41, 5.74) is 1.07. The van der Waals surface area contributed by atoms with Crippen LogP contribution >= 0.6 is 0 Å². The average molecular weight is 261 g/mol. The Bertz CT molecular complexity index is 407. The van der Waals surface area contributed by atoms with Crippen molar-refractivity contribution in [3.8, 4) is 0 Å². The molecule has 2 rings (SSSR count). The molecule has 0 spiro atoms. The molecule has 104 valence electrons. The highest BCUT2D eigenvalue weighted by molar-refractivity contribution is 5.75. The van der Waals surface area contributed by atoms with Crippen LogP contribution in [0.5, 0.6) is 0 Å². The smallest absolute Gasteiger partial charge is 0.222 e. The Hall–Kier alpha value is -1.42. The highest BCUT2D eigenvalue weighted by Gasteiger charge is 2.27. The number of piperidine rings is 1. The molecule has 0 aromatic carbocycles. The highest BCUT2D eigenvalue weighted by Crippen LogP contribution is 2.17. The number of carbonyl (C=O) groups is 1. The quantitative estimate of drug-likeness (QED) is 0.899. The summed E-state index contributed by atoms with van der Waals surface area (Å²) in [4.78, 5) is 18.0. The molecule has 19 heavy (non-hydrogen) atoms. The van der Waals surface area contributed by atoms with Gasteiger partial charge in [-0.05, 0) is 24.5 Å². The maximum Gasteiger partial charge on any atom is 0.222 e. The van der Waals surface area contributed by atoms with E-state index in [4.69, 9.17) is 0 Å². The van der Waals surface area contributed by atoms with Crippen LogP contribution in [0.2, 0.25) is 0 Å². The normalized spacial score (nSPS) is 23.4. The highest BCUT2D eigenvalue weighted by atomic mass is 16.2. The number of carbonyl (C=O) groups excluding carboxylic acids is 1. The molecule has 1 aliphatic heterocycles. The second kappa shape index (κ2) is 6.66. The third kappa shape index (κ3) is 3.77. The van der Waals surface area contributed by atoms with Crippen molar-refractivity contribution in [1.82, 2.24) is 15.2 Å². The summed E-state index contributed by atoms with van der Waals surface area (Å²) in [6.07, 6.45) is 3.46. The number of nitrogens with zero attached hydrogens (tertiary/aromatic N) is 2. The fourth-order valence-electron chi connectivity index (χ4n) is 2.64. The Morgan fingerprint density at radius 3 is 3.00 bits per heavy atom. The molecule has 4 heteroatoms. The van der Waals surface area contributed by atoms with Gasteiger partial charge in [0.2, 0.25) is 5.91 Å². The number of hydrogen-bond donors (Lipinski definition) is 1. The largest absolute Gasteiger partial charge is 0.342 e. The van der Waals surface area contributed by atoms with Crippen molar-refractivity contribution < 1.29 is 4.79 Å². The molecule has 1 amide bonds. The van der Waals surface area contributed by atoms with Crippen LogP contribution in [0, 0.1) is 5.92 Å². The van der Waals surface area contributed by atoms with Crippen molar-refractivity contribution in [3.63, 3.8) is 0 Å². The second-order valence-electron chi connectivity index (χ2n) is 5.27. The number of likely N-dealkylation sites (tertiary alicyclic amines) is 1. The number of hydrogen-bond acceptors (Lipinski definition) is 3. The van der Waals surface area contributed by atoms with Crippen LogP contribution in [0.1, 0.15) is 32.4 Å². The molecule has 1 aliphatic rings. The zero-order valence-corrected chi connectivity index (χ0v) is 11.8. The minimum atomic E-state index is 0.273. The number of pyridine rings is 1. The minimum Gasteiger partial charge on any atom is -0.342 e. The van der Waals surface area contributed by atoms with E-state index in [1.807, 2.05) is 36.2 Å². The summed E-state index contributed by atoms with van der Waals surface area (Å²) in [5, 5.41) is 3.56. The molecule has 1 aromatic rings. The van der Waals surface area contributed by atoms with Gasteiger partial charge in [0.15, 0.2) is 0 Å². The van der Waals surface area contributed by atoms with Crippen molar-refractivity contribution in [2.24, 2.45) is 5.92 Å². The SMILES string of the molecule is CCC(=O)N1CC[C@H](NCc2ccccn2)[C@@H](C)C1. The Balaban J connectivity index is 1.82. The topological polar surface area (TPSA) is 45.2 Å². The van der Waals surface area contributed by atoms with Crippen molar-refractivity contribution in [2.75, 3.05) is 13.1 Å². The number of rotatable bonds is 4. The van der Waals surface area contributed by atoms with Crippen LogP contribution < -0.4 is 5.32 Å². The van der Waals surface area contributed by atoms with Crippen LogP contribution in [0.3, 0.4) is 0 Å². The van der Waals surface area contributed by atoms with Gasteiger partial charge >= 0.3 is 0 Å². The van der Waals surface area contributed by atoms with Crippen LogP contribution in [0.4, 0.5) is 0 Å². The van der Waals surface area contributed by atoms with Crippen molar-refractivity contribution in [1.29, 1.82) is 0 Å². The van der Waals surface area contributed by atoms with E-state index in [0.717, 1.165) is 31.7 Å². The molecule has 0 aliphatic carbocycles. The third-order valence-corrected chi connectivity index (χ3v) is 3.83. The number of aromatic nitrogens is 1. The molecule has 1 N–H and O–H groups in total. The van der Waals surface area contributed by atoms with Gasteiger partial charge in [-0.2, -0.15) is 0 Å². The lowest BCUT2D eigenvalue weighted by Crippen LogP contribution is -2.49.